The maximum atomic E-state index is 12.2. The van der Waals surface area contributed by atoms with E-state index in [0.29, 0.717) is 38.7 Å². The number of fused-ring (bicyclic) bond motifs is 1. The van der Waals surface area contributed by atoms with Crippen molar-refractivity contribution in [2.24, 2.45) is 0 Å². The summed E-state index contributed by atoms with van der Waals surface area (Å²) in [4.78, 5) is 34.0. The Bertz CT molecular complexity index is 1600. The molecule has 0 aliphatic carbocycles. The number of pyridine rings is 1. The first-order valence-electron chi connectivity index (χ1n) is 10.2. The van der Waals surface area contributed by atoms with Gasteiger partial charge in [-0.3, -0.25) is 9.89 Å². The summed E-state index contributed by atoms with van der Waals surface area (Å²) >= 11 is 7.63. The van der Waals surface area contributed by atoms with E-state index in [9.17, 15) is 18.0 Å². The number of nitrogens with one attached hydrogen (secondary N) is 3. The maximum Gasteiger partial charge on any atom is 0.490 e. The number of carboxylic acid groups (broad SMARTS) is 1. The Morgan fingerprint density at radius 3 is 2.66 bits per heavy atom. The predicted molar refractivity (Wildman–Crippen MR) is 130 cm³/mol. The van der Waals surface area contributed by atoms with Crippen LogP contribution in [0.25, 0.3) is 22.4 Å². The third-order valence-corrected chi connectivity index (χ3v) is 5.61. The van der Waals surface area contributed by atoms with Gasteiger partial charge in [-0.05, 0) is 31.2 Å². The summed E-state index contributed by atoms with van der Waals surface area (Å²) in [7, 11) is 0. The van der Waals surface area contributed by atoms with Crippen LogP contribution in [-0.2, 0) is 4.79 Å². The molecule has 0 atom stereocenters. The number of halogens is 4. The lowest BCUT2D eigenvalue weighted by molar-refractivity contribution is -0.192. The summed E-state index contributed by atoms with van der Waals surface area (Å²) in [6.07, 6.45) is -0.946. The molecule has 0 unspecified atom stereocenters. The van der Waals surface area contributed by atoms with Gasteiger partial charge in [0.1, 0.15) is 12.0 Å². The monoisotopic (exact) mass is 566 g/mol. The Kier molecular flexibility index (Phi) is 7.54. The number of carbonyl (C=O) groups excluding carboxylic acids is 1. The lowest BCUT2D eigenvalue weighted by Gasteiger charge is -2.06. The molecule has 38 heavy (non-hydrogen) atoms. The van der Waals surface area contributed by atoms with Crippen LogP contribution in [0.5, 0.6) is 0 Å². The molecule has 12 nitrogen and oxygen atoms in total. The number of H-pyrrole nitrogens is 1. The van der Waals surface area contributed by atoms with E-state index >= 15 is 0 Å². The number of aromatic nitrogens is 6. The number of aryl methyl sites for hydroxylation is 1. The zero-order chi connectivity index (χ0) is 27.4. The molecule has 0 bridgehead atoms. The van der Waals surface area contributed by atoms with Crippen molar-refractivity contribution < 1.29 is 32.3 Å². The number of rotatable bonds is 5. The minimum Gasteiger partial charge on any atom is -0.475 e. The minimum absolute atomic E-state index is 0.181. The van der Waals surface area contributed by atoms with Gasteiger partial charge in [-0.2, -0.15) is 27.6 Å². The van der Waals surface area contributed by atoms with E-state index in [1.807, 2.05) is 19.1 Å². The van der Waals surface area contributed by atoms with Crippen LogP contribution in [-0.4, -0.2) is 52.7 Å². The topological polar surface area (TPSA) is 172 Å². The highest BCUT2D eigenvalue weighted by molar-refractivity contribution is 7.10. The highest BCUT2D eigenvalue weighted by Gasteiger charge is 2.38. The minimum atomic E-state index is -5.08. The molecule has 1 amide bonds. The molecule has 17 heteroatoms. The summed E-state index contributed by atoms with van der Waals surface area (Å²) in [5.41, 5.74) is 3.49. The van der Waals surface area contributed by atoms with E-state index in [1.165, 1.54) is 24.2 Å². The average Bonchev–Trinajstić information content (AvgIpc) is 3.62. The van der Waals surface area contributed by atoms with E-state index in [1.54, 1.807) is 18.3 Å². The number of hydrogen-bond acceptors (Lipinski definition) is 10. The molecule has 0 fully saturated rings. The first-order chi connectivity index (χ1) is 18.0. The first-order valence-corrected chi connectivity index (χ1v) is 11.4. The molecule has 0 saturated heterocycles. The van der Waals surface area contributed by atoms with Crippen LogP contribution in [0, 0.1) is 6.92 Å². The molecule has 0 radical (unpaired) electrons. The fourth-order valence-electron chi connectivity index (χ4n) is 2.95. The van der Waals surface area contributed by atoms with Crippen LogP contribution in [0.4, 0.5) is 29.7 Å². The molecule has 4 aromatic heterocycles. The van der Waals surface area contributed by atoms with Gasteiger partial charge in [0.15, 0.2) is 17.9 Å². The molecule has 0 aliphatic heterocycles. The SMILES string of the molecule is Cc1cc(NC(=O)c2cocn2)cc(-c2nsc(Nc3ccc4[nH]ncc4c3Cl)n2)n1.O=C(O)C(F)(F)F. The number of aromatic amines is 1. The van der Waals surface area contributed by atoms with Gasteiger partial charge in [-0.15, -0.1) is 0 Å². The Morgan fingerprint density at radius 2 is 1.97 bits per heavy atom. The number of benzene rings is 1. The number of hydrogen-bond donors (Lipinski definition) is 4. The summed E-state index contributed by atoms with van der Waals surface area (Å²) < 4.78 is 41.0. The van der Waals surface area contributed by atoms with E-state index in [-0.39, 0.29) is 11.6 Å². The van der Waals surface area contributed by atoms with E-state index in [2.05, 4.69) is 40.2 Å². The summed E-state index contributed by atoms with van der Waals surface area (Å²) in [5.74, 6) is -2.72. The molecule has 5 rings (SSSR count). The van der Waals surface area contributed by atoms with E-state index in [4.69, 9.17) is 25.9 Å². The second kappa shape index (κ2) is 10.8. The molecular weight excluding hydrogens is 553 g/mol. The van der Waals surface area contributed by atoms with Crippen LogP contribution in [0.1, 0.15) is 16.2 Å². The first kappa shape index (κ1) is 26.5. The Labute approximate surface area is 219 Å². The zero-order valence-electron chi connectivity index (χ0n) is 18.9. The lowest BCUT2D eigenvalue weighted by Crippen LogP contribution is -2.21. The number of nitrogens with zero attached hydrogens (tertiary/aromatic N) is 5. The molecule has 1 aromatic carbocycles. The standard InChI is InChI=1S/C19H13ClN8O2S.C2HF3O2/c1-9-4-10(24-18(29)15-7-30-8-21-15)5-14(23-9)17-26-19(31-28-17)25-13-3-2-12-11(16(13)20)6-22-27-12;3-2(4,5)1(6)7/h2-8H,1H3,(H,22,27)(H,23,24,29)(H,25,26,28);(H,6,7). The van der Waals surface area contributed by atoms with Crippen molar-refractivity contribution in [2.75, 3.05) is 10.6 Å². The molecule has 196 valence electrons. The second-order valence-corrected chi connectivity index (χ2v) is 8.45. The third-order valence-electron chi connectivity index (χ3n) is 4.57. The smallest absolute Gasteiger partial charge is 0.475 e. The summed E-state index contributed by atoms with van der Waals surface area (Å²) in [6.45, 7) is 1.82. The quantitative estimate of drug-likeness (QED) is 0.225. The van der Waals surface area contributed by atoms with Crippen LogP contribution in [0.3, 0.4) is 0 Å². The van der Waals surface area contributed by atoms with Gasteiger partial charge in [0, 0.05) is 28.3 Å². The molecular formula is C21H14ClF3N8O4S. The normalized spacial score (nSPS) is 11.1. The Hall–Kier alpha value is -4.57. The largest absolute Gasteiger partial charge is 0.490 e. The predicted octanol–water partition coefficient (Wildman–Crippen LogP) is 5.06. The van der Waals surface area contributed by atoms with Crippen LogP contribution in [0.15, 0.2) is 47.5 Å². The average molecular weight is 567 g/mol. The highest BCUT2D eigenvalue weighted by atomic mass is 35.5. The van der Waals surface area contributed by atoms with Crippen molar-refractivity contribution in [2.45, 2.75) is 13.1 Å². The maximum absolute atomic E-state index is 12.2. The lowest BCUT2D eigenvalue weighted by atomic mass is 10.2. The number of carbonyl (C=O) groups is 2. The zero-order valence-corrected chi connectivity index (χ0v) is 20.4. The van der Waals surface area contributed by atoms with Gasteiger partial charge < -0.3 is 20.2 Å². The molecule has 0 saturated carbocycles. The molecule has 0 aliphatic rings. The van der Waals surface area contributed by atoms with Crippen molar-refractivity contribution in [3.63, 3.8) is 0 Å². The van der Waals surface area contributed by atoms with Gasteiger partial charge >= 0.3 is 12.1 Å². The fourth-order valence-corrected chi connectivity index (χ4v) is 3.80. The number of carboxylic acids is 1. The van der Waals surface area contributed by atoms with Gasteiger partial charge in [0.25, 0.3) is 5.91 Å². The van der Waals surface area contributed by atoms with Crippen molar-refractivity contribution in [1.82, 2.24) is 29.5 Å². The van der Waals surface area contributed by atoms with Crippen LogP contribution < -0.4 is 10.6 Å². The fraction of sp³-hybridized carbons (Fsp3) is 0.0952. The summed E-state index contributed by atoms with van der Waals surface area (Å²) in [5, 5.41) is 21.8. The van der Waals surface area contributed by atoms with Crippen molar-refractivity contribution >= 4 is 62.4 Å². The molecule has 4 N–H and O–H groups in total. The number of anilines is 3. The molecule has 5 aromatic rings. The third kappa shape index (κ3) is 6.22. The van der Waals surface area contributed by atoms with Gasteiger partial charge in [0.05, 0.1) is 22.4 Å². The van der Waals surface area contributed by atoms with Gasteiger partial charge in [-0.1, -0.05) is 11.6 Å². The van der Waals surface area contributed by atoms with Gasteiger partial charge in [-0.25, -0.2) is 14.8 Å². The number of alkyl halides is 3. The number of oxazole rings is 1. The molecule has 0 spiro atoms. The Balaban J connectivity index is 0.000000426. The van der Waals surface area contributed by atoms with Crippen molar-refractivity contribution in [1.29, 1.82) is 0 Å². The Morgan fingerprint density at radius 1 is 1.21 bits per heavy atom. The van der Waals surface area contributed by atoms with E-state index < -0.39 is 12.1 Å². The van der Waals surface area contributed by atoms with Gasteiger partial charge in [0.2, 0.25) is 5.13 Å². The van der Waals surface area contributed by atoms with Crippen molar-refractivity contribution in [3.8, 4) is 11.5 Å². The number of aliphatic carboxylic acids is 1. The summed E-state index contributed by atoms with van der Waals surface area (Å²) in [6, 6.07) is 7.16. The van der Waals surface area contributed by atoms with Crippen LogP contribution >= 0.6 is 23.1 Å². The second-order valence-electron chi connectivity index (χ2n) is 7.32. The van der Waals surface area contributed by atoms with Crippen molar-refractivity contribution in [3.05, 3.63) is 59.5 Å². The number of amides is 1. The van der Waals surface area contributed by atoms with E-state index in [0.717, 1.165) is 10.9 Å². The molecule has 4 heterocycles. The highest BCUT2D eigenvalue weighted by Crippen LogP contribution is 2.33. The van der Waals surface area contributed by atoms with Crippen LogP contribution in [0.2, 0.25) is 5.02 Å².